The standard InChI is InChI=1S/C20H21ClN4S/c1-13-8-14(2)10-18(9-13)22-20(26)23-19-11-15(3)25(24-19)12-16-4-6-17(21)7-5-16/h4-11H,12H2,1-3H3,(H2,22,23,24,26). The molecule has 0 aliphatic heterocycles. The largest absolute Gasteiger partial charge is 0.332 e. The highest BCUT2D eigenvalue weighted by Gasteiger charge is 2.07. The van der Waals surface area contributed by atoms with Crippen LogP contribution in [0.15, 0.2) is 48.5 Å². The lowest BCUT2D eigenvalue weighted by atomic mass is 10.1. The van der Waals surface area contributed by atoms with E-state index in [1.54, 1.807) is 0 Å². The molecule has 1 aromatic heterocycles. The van der Waals surface area contributed by atoms with E-state index in [1.165, 1.54) is 11.1 Å². The molecule has 2 aromatic carbocycles. The maximum Gasteiger partial charge on any atom is 0.176 e. The Morgan fingerprint density at radius 1 is 1.00 bits per heavy atom. The number of benzene rings is 2. The van der Waals surface area contributed by atoms with Crippen molar-refractivity contribution in [1.29, 1.82) is 0 Å². The number of nitrogens with one attached hydrogen (secondary N) is 2. The first-order valence-electron chi connectivity index (χ1n) is 8.34. The van der Waals surface area contributed by atoms with Crippen LogP contribution < -0.4 is 10.6 Å². The van der Waals surface area contributed by atoms with Crippen LogP contribution in [-0.2, 0) is 6.54 Å². The fourth-order valence-corrected chi connectivity index (χ4v) is 3.17. The lowest BCUT2D eigenvalue weighted by Crippen LogP contribution is -2.19. The van der Waals surface area contributed by atoms with Crippen molar-refractivity contribution in [3.63, 3.8) is 0 Å². The highest BCUT2D eigenvalue weighted by Crippen LogP contribution is 2.16. The Morgan fingerprint density at radius 2 is 1.65 bits per heavy atom. The Kier molecular flexibility index (Phi) is 5.59. The molecule has 0 atom stereocenters. The number of aromatic nitrogens is 2. The van der Waals surface area contributed by atoms with Gasteiger partial charge >= 0.3 is 0 Å². The van der Waals surface area contributed by atoms with Crippen LogP contribution in [-0.4, -0.2) is 14.9 Å². The number of nitrogens with zero attached hydrogens (tertiary/aromatic N) is 2. The number of rotatable bonds is 4. The summed E-state index contributed by atoms with van der Waals surface area (Å²) in [5.74, 6) is 0.721. The molecule has 6 heteroatoms. The molecule has 3 rings (SSSR count). The van der Waals surface area contributed by atoms with Crippen molar-refractivity contribution in [2.75, 3.05) is 10.6 Å². The van der Waals surface area contributed by atoms with Crippen LogP contribution in [0, 0.1) is 20.8 Å². The number of anilines is 2. The van der Waals surface area contributed by atoms with Crippen molar-refractivity contribution in [2.45, 2.75) is 27.3 Å². The summed E-state index contributed by atoms with van der Waals surface area (Å²) in [6.07, 6.45) is 0. The van der Waals surface area contributed by atoms with Crippen molar-refractivity contribution in [3.05, 3.63) is 75.9 Å². The maximum absolute atomic E-state index is 5.94. The van der Waals surface area contributed by atoms with E-state index in [0.717, 1.165) is 27.8 Å². The van der Waals surface area contributed by atoms with Gasteiger partial charge in [0.25, 0.3) is 0 Å². The predicted octanol–water partition coefficient (Wildman–Crippen LogP) is 5.32. The molecule has 134 valence electrons. The first-order valence-corrected chi connectivity index (χ1v) is 9.13. The Balaban J connectivity index is 1.66. The lowest BCUT2D eigenvalue weighted by molar-refractivity contribution is 0.668. The molecule has 0 unspecified atom stereocenters. The highest BCUT2D eigenvalue weighted by molar-refractivity contribution is 7.80. The average molecular weight is 385 g/mol. The summed E-state index contributed by atoms with van der Waals surface area (Å²) in [5.41, 5.74) is 5.55. The van der Waals surface area contributed by atoms with Crippen LogP contribution in [0.5, 0.6) is 0 Å². The lowest BCUT2D eigenvalue weighted by Gasteiger charge is -2.10. The Bertz CT molecular complexity index is 911. The Labute approximate surface area is 164 Å². The summed E-state index contributed by atoms with van der Waals surface area (Å²) >= 11 is 11.4. The molecule has 0 radical (unpaired) electrons. The molecule has 0 fully saturated rings. The van der Waals surface area contributed by atoms with E-state index < -0.39 is 0 Å². The number of aryl methyl sites for hydroxylation is 3. The second-order valence-corrected chi connectivity index (χ2v) is 7.26. The molecule has 0 aliphatic rings. The van der Waals surface area contributed by atoms with Gasteiger partial charge in [-0.15, -0.1) is 0 Å². The summed E-state index contributed by atoms with van der Waals surface area (Å²) in [5, 5.41) is 12.2. The smallest absolute Gasteiger partial charge is 0.176 e. The molecule has 4 nitrogen and oxygen atoms in total. The number of halogens is 1. The second kappa shape index (κ2) is 7.89. The summed E-state index contributed by atoms with van der Waals surface area (Å²) < 4.78 is 1.94. The first kappa shape index (κ1) is 18.4. The zero-order valence-electron chi connectivity index (χ0n) is 15.0. The summed E-state index contributed by atoms with van der Waals surface area (Å²) in [4.78, 5) is 0. The SMILES string of the molecule is Cc1cc(C)cc(NC(=S)Nc2cc(C)n(Cc3ccc(Cl)cc3)n2)c1. The highest BCUT2D eigenvalue weighted by atomic mass is 35.5. The summed E-state index contributed by atoms with van der Waals surface area (Å²) in [6.45, 7) is 6.84. The Hall–Kier alpha value is -2.37. The van der Waals surface area contributed by atoms with E-state index in [4.69, 9.17) is 23.8 Å². The van der Waals surface area contributed by atoms with E-state index in [0.29, 0.717) is 11.7 Å². The zero-order valence-corrected chi connectivity index (χ0v) is 16.6. The van der Waals surface area contributed by atoms with Crippen LogP contribution >= 0.6 is 23.8 Å². The topological polar surface area (TPSA) is 41.9 Å². The van der Waals surface area contributed by atoms with Gasteiger partial charge in [0.05, 0.1) is 6.54 Å². The van der Waals surface area contributed by atoms with E-state index in [-0.39, 0.29) is 0 Å². The van der Waals surface area contributed by atoms with E-state index in [1.807, 2.05) is 41.9 Å². The van der Waals surface area contributed by atoms with Crippen LogP contribution in [0.25, 0.3) is 0 Å². The molecule has 0 aliphatic carbocycles. The molecule has 0 amide bonds. The number of hydrogen-bond acceptors (Lipinski definition) is 2. The van der Waals surface area contributed by atoms with Crippen LogP contribution in [0.4, 0.5) is 11.5 Å². The summed E-state index contributed by atoms with van der Waals surface area (Å²) in [7, 11) is 0. The average Bonchev–Trinajstić information content (AvgIpc) is 2.87. The normalized spacial score (nSPS) is 10.6. The van der Waals surface area contributed by atoms with Crippen LogP contribution in [0.1, 0.15) is 22.4 Å². The van der Waals surface area contributed by atoms with Gasteiger partial charge in [0.2, 0.25) is 0 Å². The molecular weight excluding hydrogens is 364 g/mol. The van der Waals surface area contributed by atoms with Crippen molar-refractivity contribution in [2.24, 2.45) is 0 Å². The predicted molar refractivity (Wildman–Crippen MR) is 113 cm³/mol. The molecule has 26 heavy (non-hydrogen) atoms. The summed E-state index contributed by atoms with van der Waals surface area (Å²) in [6, 6.07) is 16.0. The van der Waals surface area contributed by atoms with Gasteiger partial charge in [-0.1, -0.05) is 29.8 Å². The molecular formula is C20H21ClN4S. The second-order valence-electron chi connectivity index (χ2n) is 6.41. The van der Waals surface area contributed by atoms with E-state index >= 15 is 0 Å². The number of hydrogen-bond donors (Lipinski definition) is 2. The van der Waals surface area contributed by atoms with Crippen molar-refractivity contribution in [3.8, 4) is 0 Å². The van der Waals surface area contributed by atoms with Crippen molar-refractivity contribution in [1.82, 2.24) is 9.78 Å². The third kappa shape index (κ3) is 4.84. The monoisotopic (exact) mass is 384 g/mol. The van der Waals surface area contributed by atoms with Gasteiger partial charge in [-0.3, -0.25) is 4.68 Å². The van der Waals surface area contributed by atoms with Gasteiger partial charge in [-0.2, -0.15) is 5.10 Å². The molecule has 1 heterocycles. The minimum absolute atomic E-state index is 0.520. The molecule has 2 N–H and O–H groups in total. The quantitative estimate of drug-likeness (QED) is 0.597. The van der Waals surface area contributed by atoms with E-state index in [9.17, 15) is 0 Å². The van der Waals surface area contributed by atoms with Gasteiger partial charge in [0.15, 0.2) is 10.9 Å². The van der Waals surface area contributed by atoms with E-state index in [2.05, 4.69) is 47.8 Å². The first-order chi connectivity index (χ1) is 12.4. The zero-order chi connectivity index (χ0) is 18.7. The van der Waals surface area contributed by atoms with Gasteiger partial charge in [-0.05, 0) is 73.9 Å². The molecule has 0 saturated heterocycles. The van der Waals surface area contributed by atoms with Gasteiger partial charge in [0.1, 0.15) is 0 Å². The van der Waals surface area contributed by atoms with Crippen molar-refractivity contribution < 1.29 is 0 Å². The maximum atomic E-state index is 5.94. The van der Waals surface area contributed by atoms with Gasteiger partial charge in [0, 0.05) is 22.5 Å². The van der Waals surface area contributed by atoms with Crippen LogP contribution in [0.3, 0.4) is 0 Å². The van der Waals surface area contributed by atoms with Gasteiger partial charge in [-0.25, -0.2) is 0 Å². The molecule has 3 aromatic rings. The van der Waals surface area contributed by atoms with Gasteiger partial charge < -0.3 is 10.6 Å². The minimum atomic E-state index is 0.520. The minimum Gasteiger partial charge on any atom is -0.332 e. The van der Waals surface area contributed by atoms with Crippen LogP contribution in [0.2, 0.25) is 5.02 Å². The Morgan fingerprint density at radius 3 is 2.31 bits per heavy atom. The molecule has 0 spiro atoms. The number of thiocarbonyl (C=S) groups is 1. The molecule has 0 bridgehead atoms. The van der Waals surface area contributed by atoms with Crippen molar-refractivity contribution >= 4 is 40.4 Å². The fraction of sp³-hybridized carbons (Fsp3) is 0.200. The third-order valence-corrected chi connectivity index (χ3v) is 4.40. The fourth-order valence-electron chi connectivity index (χ4n) is 2.82. The third-order valence-electron chi connectivity index (χ3n) is 3.95. The molecule has 0 saturated carbocycles.